The van der Waals surface area contributed by atoms with Crippen molar-refractivity contribution in [2.75, 3.05) is 0 Å². The second-order valence-electron chi connectivity index (χ2n) is 0.940. The van der Waals surface area contributed by atoms with E-state index < -0.39 is 0 Å². The van der Waals surface area contributed by atoms with E-state index in [-0.39, 0.29) is 5.91 Å². The molecule has 0 radical (unpaired) electrons. The molecular weight excluding hydrogens is 194 g/mol. The molecule has 0 saturated carbocycles. The van der Waals surface area contributed by atoms with Gasteiger partial charge in [0.2, 0.25) is 0 Å². The summed E-state index contributed by atoms with van der Waals surface area (Å²) in [5, 5.41) is 0. The molecule has 3 heteroatoms. The summed E-state index contributed by atoms with van der Waals surface area (Å²) < 4.78 is 0.906. The van der Waals surface area contributed by atoms with Crippen molar-refractivity contribution in [3.05, 3.63) is 0 Å². The summed E-state index contributed by atoms with van der Waals surface area (Å²) in [4.78, 5) is 9.83. The zero-order valence-electron chi connectivity index (χ0n) is 3.35. The van der Waals surface area contributed by atoms with Gasteiger partial charge in [-0.3, -0.25) is 0 Å². The van der Waals surface area contributed by atoms with Crippen molar-refractivity contribution in [3.63, 3.8) is 0 Å². The number of hydrogen-bond acceptors (Lipinski definition) is 1. The molecular formula is C3H7NOTe. The topological polar surface area (TPSA) is 43.1 Å². The number of amides is 1. The van der Waals surface area contributed by atoms with E-state index in [0.717, 1.165) is 4.47 Å². The Morgan fingerprint density at radius 1 is 1.83 bits per heavy atom. The van der Waals surface area contributed by atoms with Crippen LogP contribution in [0.25, 0.3) is 0 Å². The molecule has 0 spiro atoms. The van der Waals surface area contributed by atoms with Crippen LogP contribution in [0.15, 0.2) is 0 Å². The molecule has 0 aliphatic heterocycles. The molecule has 6 heavy (non-hydrogen) atoms. The third-order valence-electron chi connectivity index (χ3n) is 0.358. The van der Waals surface area contributed by atoms with Crippen molar-refractivity contribution in [2.45, 2.75) is 10.9 Å². The van der Waals surface area contributed by atoms with Crippen LogP contribution in [0.5, 0.6) is 0 Å². The van der Waals surface area contributed by atoms with Gasteiger partial charge in [0.05, 0.1) is 0 Å². The zero-order chi connectivity index (χ0) is 4.99. The molecule has 0 aromatic heterocycles. The van der Waals surface area contributed by atoms with Crippen molar-refractivity contribution in [3.8, 4) is 0 Å². The summed E-state index contributed by atoms with van der Waals surface area (Å²) in [6, 6.07) is 0. The minimum absolute atomic E-state index is 0.198. The SMILES string of the molecule is NC(=O)CC[TeH]. The Morgan fingerprint density at radius 2 is 2.33 bits per heavy atom. The number of primary amides is 1. The Hall–Kier alpha value is 0.260. The van der Waals surface area contributed by atoms with E-state index in [1.165, 1.54) is 0 Å². The molecule has 0 atom stereocenters. The molecule has 0 aromatic rings. The van der Waals surface area contributed by atoms with Crippen molar-refractivity contribution in [1.29, 1.82) is 0 Å². The van der Waals surface area contributed by atoms with Crippen LogP contribution in [-0.2, 0) is 4.79 Å². The minimum atomic E-state index is -0.198. The van der Waals surface area contributed by atoms with Crippen molar-refractivity contribution in [1.82, 2.24) is 0 Å². The maximum absolute atomic E-state index is 9.83. The predicted octanol–water partition coefficient (Wildman–Crippen LogP) is -0.819. The van der Waals surface area contributed by atoms with Crippen LogP contribution < -0.4 is 5.73 Å². The first-order valence-corrected chi connectivity index (χ1v) is 3.47. The van der Waals surface area contributed by atoms with Crippen LogP contribution in [0.3, 0.4) is 0 Å². The fourth-order valence-electron chi connectivity index (χ4n) is 0.110. The summed E-state index contributed by atoms with van der Waals surface area (Å²) >= 11 is 1.62. The van der Waals surface area contributed by atoms with Gasteiger partial charge in [0.1, 0.15) is 0 Å². The van der Waals surface area contributed by atoms with Gasteiger partial charge >= 0.3 is 49.6 Å². The summed E-state index contributed by atoms with van der Waals surface area (Å²) in [7, 11) is 0. The fraction of sp³-hybridized carbons (Fsp3) is 0.667. The van der Waals surface area contributed by atoms with Gasteiger partial charge in [0.15, 0.2) is 0 Å². The number of rotatable bonds is 2. The Morgan fingerprint density at radius 3 is 2.33 bits per heavy atom. The molecule has 0 aliphatic carbocycles. The molecule has 0 saturated heterocycles. The van der Waals surface area contributed by atoms with Crippen molar-refractivity contribution < 1.29 is 4.79 Å². The molecule has 36 valence electrons. The summed E-state index contributed by atoms with van der Waals surface area (Å²) in [5.41, 5.74) is 4.77. The van der Waals surface area contributed by atoms with E-state index in [1.807, 2.05) is 0 Å². The number of carbonyl (C=O) groups is 1. The van der Waals surface area contributed by atoms with Crippen molar-refractivity contribution >= 4 is 28.2 Å². The van der Waals surface area contributed by atoms with E-state index in [9.17, 15) is 4.79 Å². The van der Waals surface area contributed by atoms with E-state index in [4.69, 9.17) is 5.73 Å². The zero-order valence-corrected chi connectivity index (χ0v) is 5.90. The molecule has 0 fully saturated rings. The molecule has 0 rings (SSSR count). The van der Waals surface area contributed by atoms with Gasteiger partial charge < -0.3 is 0 Å². The van der Waals surface area contributed by atoms with Gasteiger partial charge in [-0.15, -0.1) is 0 Å². The monoisotopic (exact) mass is 203 g/mol. The van der Waals surface area contributed by atoms with E-state index in [2.05, 4.69) is 0 Å². The summed E-state index contributed by atoms with van der Waals surface area (Å²) in [6.45, 7) is 0. The van der Waals surface area contributed by atoms with Crippen molar-refractivity contribution in [2.24, 2.45) is 5.73 Å². The van der Waals surface area contributed by atoms with Gasteiger partial charge in [-0.05, 0) is 0 Å². The van der Waals surface area contributed by atoms with Gasteiger partial charge in [-0.2, -0.15) is 0 Å². The molecule has 0 aliphatic rings. The Balaban J connectivity index is 2.83. The molecule has 0 heterocycles. The Bertz CT molecular complexity index is 54.8. The second kappa shape index (κ2) is 3.45. The third kappa shape index (κ3) is 4.26. The number of hydrogen-bond donors (Lipinski definition) is 1. The van der Waals surface area contributed by atoms with Gasteiger partial charge in [0.25, 0.3) is 0 Å². The standard InChI is InChI=1S/C3H7NOTe/c4-3(5)1-2-6/h6H,1-2H2,(H2,4,5). The van der Waals surface area contributed by atoms with E-state index >= 15 is 0 Å². The predicted molar refractivity (Wildman–Crippen MR) is 25.8 cm³/mol. The number of carbonyl (C=O) groups excluding carboxylic acids is 1. The Labute approximate surface area is 50.0 Å². The normalized spacial score (nSPS) is 8.17. The van der Waals surface area contributed by atoms with Crippen LogP contribution in [0.2, 0.25) is 4.47 Å². The van der Waals surface area contributed by atoms with Crippen LogP contribution in [0.4, 0.5) is 0 Å². The average molecular weight is 201 g/mol. The first kappa shape index (κ1) is 6.26. The fourth-order valence-corrected chi connectivity index (χ4v) is 0.739. The van der Waals surface area contributed by atoms with Crippen LogP contribution in [0, 0.1) is 0 Å². The Kier molecular flexibility index (Phi) is 3.60. The summed E-state index contributed by atoms with van der Waals surface area (Å²) in [6.07, 6.45) is 0.536. The molecule has 1 amide bonds. The quantitative estimate of drug-likeness (QED) is 0.582. The first-order valence-electron chi connectivity index (χ1n) is 1.66. The molecule has 2 nitrogen and oxygen atoms in total. The molecule has 2 N–H and O–H groups in total. The third-order valence-corrected chi connectivity index (χ3v) is 0.996. The van der Waals surface area contributed by atoms with Crippen LogP contribution >= 0.6 is 0 Å². The summed E-state index contributed by atoms with van der Waals surface area (Å²) in [5.74, 6) is -0.198. The van der Waals surface area contributed by atoms with Gasteiger partial charge in [0, 0.05) is 0 Å². The van der Waals surface area contributed by atoms with Gasteiger partial charge in [-0.1, -0.05) is 0 Å². The van der Waals surface area contributed by atoms with Crippen LogP contribution in [0.1, 0.15) is 6.42 Å². The van der Waals surface area contributed by atoms with E-state index in [1.54, 1.807) is 22.3 Å². The number of nitrogens with two attached hydrogens (primary N) is 1. The maximum atomic E-state index is 9.83. The second-order valence-corrected chi connectivity index (χ2v) is 2.22. The van der Waals surface area contributed by atoms with Crippen LogP contribution in [-0.4, -0.2) is 28.2 Å². The molecule has 0 aromatic carbocycles. The van der Waals surface area contributed by atoms with E-state index in [0.29, 0.717) is 6.42 Å². The first-order chi connectivity index (χ1) is 2.77. The molecule has 0 unspecified atom stereocenters. The molecule has 0 bridgehead atoms. The average Bonchev–Trinajstić information content (AvgIpc) is 1.35. The van der Waals surface area contributed by atoms with Gasteiger partial charge in [-0.25, -0.2) is 0 Å².